The molecule has 3 aromatic carbocycles. The Kier molecular flexibility index (Phi) is 6.77. The first-order chi connectivity index (χ1) is 13.8. The van der Waals surface area contributed by atoms with Crippen LogP contribution in [-0.2, 0) is 13.1 Å². The maximum absolute atomic E-state index is 8.71. The third-order valence-electron chi connectivity index (χ3n) is 4.80. The van der Waals surface area contributed by atoms with E-state index in [0.29, 0.717) is 25.3 Å². The fourth-order valence-electron chi connectivity index (χ4n) is 3.37. The van der Waals surface area contributed by atoms with Gasteiger partial charge in [-0.3, -0.25) is 5.41 Å². The van der Waals surface area contributed by atoms with Crippen LogP contribution in [0.2, 0.25) is 0 Å². The van der Waals surface area contributed by atoms with E-state index >= 15 is 0 Å². The molecule has 0 bridgehead atoms. The van der Waals surface area contributed by atoms with E-state index in [1.807, 2.05) is 63.7 Å². The number of halogens is 1. The van der Waals surface area contributed by atoms with Gasteiger partial charge in [-0.1, -0.05) is 42.5 Å². The van der Waals surface area contributed by atoms with E-state index in [9.17, 15) is 0 Å². The van der Waals surface area contributed by atoms with Crippen molar-refractivity contribution in [3.63, 3.8) is 0 Å². The van der Waals surface area contributed by atoms with Crippen molar-refractivity contribution in [1.82, 2.24) is 9.13 Å². The monoisotopic (exact) mass is 452 g/mol. The van der Waals surface area contributed by atoms with Crippen molar-refractivity contribution in [3.05, 3.63) is 90.0 Å². The topological polar surface area (TPSA) is 52.2 Å². The maximum atomic E-state index is 8.71. The summed E-state index contributed by atoms with van der Waals surface area (Å²) in [4.78, 5) is 0. The highest BCUT2D eigenvalue weighted by Gasteiger charge is 2.11. The molecular weight excluding hydrogens is 430 g/mol. The van der Waals surface area contributed by atoms with Crippen molar-refractivity contribution < 1.29 is 26.5 Å². The Hall–Kier alpha value is -2.99. The number of para-hydroxylation sites is 2. The highest BCUT2D eigenvalue weighted by molar-refractivity contribution is 5.76. The standard InChI is InChI=1S/C23H23N3O2.BrH/c1-27-19-11-13-20(14-12-19)28-16-15-25-21-9-5-6-10-22(21)26(23(25)24)17-18-7-3-2-4-8-18;/h2-14,24H,15-17H2,1H3;1H/p-1. The number of fused-ring (bicyclic) bond motifs is 1. The van der Waals surface area contributed by atoms with Crippen LogP contribution in [-0.4, -0.2) is 22.9 Å². The molecule has 1 N–H and O–H groups in total. The van der Waals surface area contributed by atoms with Crippen molar-refractivity contribution >= 4 is 11.0 Å². The van der Waals surface area contributed by atoms with Gasteiger partial charge in [0.05, 0.1) is 31.2 Å². The molecule has 0 aliphatic heterocycles. The van der Waals surface area contributed by atoms with E-state index in [0.717, 1.165) is 22.5 Å². The Bertz CT molecular complexity index is 1120. The van der Waals surface area contributed by atoms with Gasteiger partial charge in [0.2, 0.25) is 5.62 Å². The lowest BCUT2D eigenvalue weighted by atomic mass is 10.2. The first-order valence-corrected chi connectivity index (χ1v) is 9.30. The van der Waals surface area contributed by atoms with Gasteiger partial charge < -0.3 is 35.6 Å². The van der Waals surface area contributed by atoms with Gasteiger partial charge in [-0.15, -0.1) is 0 Å². The van der Waals surface area contributed by atoms with Crippen LogP contribution in [0, 0.1) is 5.41 Å². The van der Waals surface area contributed by atoms with Crippen LogP contribution in [0.5, 0.6) is 11.5 Å². The largest absolute Gasteiger partial charge is 1.00 e. The van der Waals surface area contributed by atoms with Gasteiger partial charge in [0.15, 0.2) is 0 Å². The van der Waals surface area contributed by atoms with Crippen LogP contribution in [0.25, 0.3) is 11.0 Å². The van der Waals surface area contributed by atoms with Gasteiger partial charge in [-0.25, -0.2) is 0 Å². The number of nitrogens with one attached hydrogen (secondary N) is 1. The van der Waals surface area contributed by atoms with Crippen molar-refractivity contribution in [2.75, 3.05) is 13.7 Å². The zero-order valence-electron chi connectivity index (χ0n) is 16.2. The summed E-state index contributed by atoms with van der Waals surface area (Å²) in [5, 5.41) is 8.71. The second kappa shape index (κ2) is 9.47. The summed E-state index contributed by atoms with van der Waals surface area (Å²) in [6.07, 6.45) is 0. The van der Waals surface area contributed by atoms with Gasteiger partial charge in [-0.05, 0) is 42.0 Å². The number of methoxy groups -OCH3 is 1. The van der Waals surface area contributed by atoms with E-state index < -0.39 is 0 Å². The van der Waals surface area contributed by atoms with Crippen LogP contribution in [0.1, 0.15) is 5.56 Å². The lowest BCUT2D eigenvalue weighted by Crippen LogP contribution is -3.00. The van der Waals surface area contributed by atoms with Crippen molar-refractivity contribution in [2.24, 2.45) is 0 Å². The Morgan fingerprint density at radius 2 is 1.34 bits per heavy atom. The molecular formula is C23H23BrN3O2-. The van der Waals surface area contributed by atoms with Gasteiger partial charge in [-0.2, -0.15) is 0 Å². The molecule has 0 atom stereocenters. The summed E-state index contributed by atoms with van der Waals surface area (Å²) >= 11 is 0. The fourth-order valence-corrected chi connectivity index (χ4v) is 3.37. The zero-order valence-corrected chi connectivity index (χ0v) is 17.8. The molecule has 0 saturated carbocycles. The van der Waals surface area contributed by atoms with Crippen LogP contribution >= 0.6 is 0 Å². The molecule has 0 fully saturated rings. The molecule has 1 aromatic heterocycles. The summed E-state index contributed by atoms with van der Waals surface area (Å²) in [7, 11) is 1.65. The summed E-state index contributed by atoms with van der Waals surface area (Å²) < 4.78 is 15.1. The zero-order chi connectivity index (χ0) is 19.3. The van der Waals surface area contributed by atoms with Gasteiger partial charge in [0, 0.05) is 0 Å². The molecule has 0 spiro atoms. The molecule has 5 nitrogen and oxygen atoms in total. The molecule has 4 aromatic rings. The lowest BCUT2D eigenvalue weighted by molar-refractivity contribution is -0.00000660. The number of rotatable bonds is 7. The summed E-state index contributed by atoms with van der Waals surface area (Å²) in [5.41, 5.74) is 3.75. The minimum absolute atomic E-state index is 0. The quantitative estimate of drug-likeness (QED) is 0.455. The summed E-state index contributed by atoms with van der Waals surface area (Å²) in [5.74, 6) is 1.60. The van der Waals surface area contributed by atoms with E-state index in [2.05, 4.69) is 24.3 Å². The predicted molar refractivity (Wildman–Crippen MR) is 110 cm³/mol. The molecule has 0 aliphatic carbocycles. The Balaban J connectivity index is 0.00000240. The number of hydrogen-bond acceptors (Lipinski definition) is 3. The third-order valence-corrected chi connectivity index (χ3v) is 4.80. The molecule has 6 heteroatoms. The smallest absolute Gasteiger partial charge is 0.203 e. The summed E-state index contributed by atoms with van der Waals surface area (Å²) in [6, 6.07) is 25.9. The van der Waals surface area contributed by atoms with Crippen LogP contribution in [0.4, 0.5) is 0 Å². The third kappa shape index (κ3) is 4.54. The number of hydrogen-bond donors (Lipinski definition) is 1. The first kappa shape index (κ1) is 20.7. The highest BCUT2D eigenvalue weighted by atomic mass is 79.9. The fraction of sp³-hybridized carbons (Fsp3) is 0.174. The van der Waals surface area contributed by atoms with Crippen LogP contribution in [0.15, 0.2) is 78.9 Å². The maximum Gasteiger partial charge on any atom is 0.203 e. The van der Waals surface area contributed by atoms with E-state index in [-0.39, 0.29) is 17.0 Å². The number of aromatic nitrogens is 2. The molecule has 0 unspecified atom stereocenters. The van der Waals surface area contributed by atoms with Gasteiger partial charge >= 0.3 is 0 Å². The SMILES string of the molecule is COc1ccc(OCCn2c(=N)n(Cc3ccccc3)c3ccccc32)cc1.[Br-]. The van der Waals surface area contributed by atoms with Gasteiger partial charge in [0.1, 0.15) is 18.1 Å². The number of benzene rings is 3. The molecule has 0 amide bonds. The molecule has 0 aliphatic rings. The van der Waals surface area contributed by atoms with Crippen molar-refractivity contribution in [3.8, 4) is 11.5 Å². The van der Waals surface area contributed by atoms with Gasteiger partial charge in [0.25, 0.3) is 0 Å². The second-order valence-electron chi connectivity index (χ2n) is 6.56. The molecule has 29 heavy (non-hydrogen) atoms. The molecule has 0 radical (unpaired) electrons. The van der Waals surface area contributed by atoms with E-state index in [4.69, 9.17) is 14.9 Å². The molecule has 0 saturated heterocycles. The minimum Gasteiger partial charge on any atom is -1.00 e. The normalized spacial score (nSPS) is 10.5. The number of ether oxygens (including phenoxy) is 2. The van der Waals surface area contributed by atoms with Crippen LogP contribution < -0.4 is 32.1 Å². The molecule has 4 rings (SSSR count). The van der Waals surface area contributed by atoms with Crippen LogP contribution in [0.3, 0.4) is 0 Å². The second-order valence-corrected chi connectivity index (χ2v) is 6.56. The average molecular weight is 453 g/mol. The van der Waals surface area contributed by atoms with Crippen molar-refractivity contribution in [2.45, 2.75) is 13.1 Å². The Morgan fingerprint density at radius 1 is 0.759 bits per heavy atom. The predicted octanol–water partition coefficient (Wildman–Crippen LogP) is 1.06. The lowest BCUT2D eigenvalue weighted by Gasteiger charge is -2.08. The Morgan fingerprint density at radius 3 is 2.00 bits per heavy atom. The van der Waals surface area contributed by atoms with E-state index in [1.165, 1.54) is 5.56 Å². The summed E-state index contributed by atoms with van der Waals surface area (Å²) in [6.45, 7) is 1.77. The Labute approximate surface area is 180 Å². The number of imidazole rings is 1. The highest BCUT2D eigenvalue weighted by Crippen LogP contribution is 2.18. The average Bonchev–Trinajstić information content (AvgIpc) is 3.01. The minimum atomic E-state index is 0. The first-order valence-electron chi connectivity index (χ1n) is 9.30. The molecule has 1 heterocycles. The van der Waals surface area contributed by atoms with Crippen molar-refractivity contribution in [1.29, 1.82) is 5.41 Å². The number of nitrogens with zero attached hydrogens (tertiary/aromatic N) is 2. The molecule has 150 valence electrons. The van der Waals surface area contributed by atoms with E-state index in [1.54, 1.807) is 7.11 Å².